The van der Waals surface area contributed by atoms with E-state index in [9.17, 15) is 4.79 Å². The SMILES string of the molecule is COc1cccc2c(=O)c3cc(N)ccc3oc12.Cl. The molecule has 0 aliphatic heterocycles. The molecular weight excluding hydrogens is 266 g/mol. The molecule has 0 bridgehead atoms. The summed E-state index contributed by atoms with van der Waals surface area (Å²) in [4.78, 5) is 12.3. The van der Waals surface area contributed by atoms with Crippen molar-refractivity contribution in [1.82, 2.24) is 0 Å². The molecule has 0 atom stereocenters. The Morgan fingerprint density at radius 3 is 2.68 bits per heavy atom. The quantitative estimate of drug-likeness (QED) is 0.548. The molecule has 0 unspecified atom stereocenters. The third-order valence-corrected chi connectivity index (χ3v) is 2.90. The minimum atomic E-state index is -0.0996. The van der Waals surface area contributed by atoms with Crippen molar-refractivity contribution >= 4 is 40.0 Å². The van der Waals surface area contributed by atoms with E-state index in [1.165, 1.54) is 0 Å². The van der Waals surface area contributed by atoms with Crippen LogP contribution in [0.5, 0.6) is 5.75 Å². The van der Waals surface area contributed by atoms with E-state index in [0.29, 0.717) is 33.4 Å². The fourth-order valence-electron chi connectivity index (χ4n) is 2.03. The summed E-state index contributed by atoms with van der Waals surface area (Å²) in [5.41, 5.74) is 7.09. The Labute approximate surface area is 115 Å². The molecular formula is C14H12ClNO3. The molecule has 0 aliphatic carbocycles. The van der Waals surface area contributed by atoms with E-state index in [-0.39, 0.29) is 17.8 Å². The average molecular weight is 278 g/mol. The summed E-state index contributed by atoms with van der Waals surface area (Å²) in [6.45, 7) is 0. The van der Waals surface area contributed by atoms with Gasteiger partial charge >= 0.3 is 0 Å². The number of fused-ring (bicyclic) bond motifs is 2. The van der Waals surface area contributed by atoms with Gasteiger partial charge in [-0.05, 0) is 30.3 Å². The van der Waals surface area contributed by atoms with Crippen LogP contribution in [0.25, 0.3) is 21.9 Å². The molecule has 1 heterocycles. The number of halogens is 1. The van der Waals surface area contributed by atoms with Crippen LogP contribution >= 0.6 is 12.4 Å². The Bertz CT molecular complexity index is 811. The summed E-state index contributed by atoms with van der Waals surface area (Å²) in [6, 6.07) is 10.3. The van der Waals surface area contributed by atoms with Crippen LogP contribution in [-0.2, 0) is 0 Å². The van der Waals surface area contributed by atoms with Crippen molar-refractivity contribution in [2.24, 2.45) is 0 Å². The van der Waals surface area contributed by atoms with E-state index in [4.69, 9.17) is 14.9 Å². The van der Waals surface area contributed by atoms with Crippen LogP contribution in [0.1, 0.15) is 0 Å². The molecule has 2 N–H and O–H groups in total. The number of ether oxygens (including phenoxy) is 1. The van der Waals surface area contributed by atoms with Crippen molar-refractivity contribution < 1.29 is 9.15 Å². The highest BCUT2D eigenvalue weighted by molar-refractivity contribution is 5.93. The Balaban J connectivity index is 0.00000133. The van der Waals surface area contributed by atoms with Crippen LogP contribution in [0.3, 0.4) is 0 Å². The minimum absolute atomic E-state index is 0. The summed E-state index contributed by atoms with van der Waals surface area (Å²) < 4.78 is 10.9. The number of nitrogens with two attached hydrogens (primary N) is 1. The Kier molecular flexibility index (Phi) is 3.36. The third-order valence-electron chi connectivity index (χ3n) is 2.90. The lowest BCUT2D eigenvalue weighted by molar-refractivity contribution is 0.411. The van der Waals surface area contributed by atoms with Gasteiger partial charge in [0, 0.05) is 5.69 Å². The summed E-state index contributed by atoms with van der Waals surface area (Å²) in [5, 5.41) is 0.975. The van der Waals surface area contributed by atoms with Crippen LogP contribution in [0, 0.1) is 0 Å². The first-order valence-electron chi connectivity index (χ1n) is 5.50. The first-order valence-corrected chi connectivity index (χ1v) is 5.50. The van der Waals surface area contributed by atoms with E-state index < -0.39 is 0 Å². The van der Waals surface area contributed by atoms with Gasteiger partial charge in [-0.3, -0.25) is 4.79 Å². The maximum atomic E-state index is 12.3. The van der Waals surface area contributed by atoms with E-state index in [2.05, 4.69) is 0 Å². The molecule has 19 heavy (non-hydrogen) atoms. The van der Waals surface area contributed by atoms with Gasteiger partial charge in [0.15, 0.2) is 11.3 Å². The molecule has 0 saturated heterocycles. The maximum Gasteiger partial charge on any atom is 0.200 e. The molecule has 3 rings (SSSR count). The lowest BCUT2D eigenvalue weighted by atomic mass is 10.1. The number of methoxy groups -OCH3 is 1. The Hall–Kier alpha value is -2.20. The van der Waals surface area contributed by atoms with Gasteiger partial charge in [-0.25, -0.2) is 0 Å². The van der Waals surface area contributed by atoms with Gasteiger partial charge in [0.1, 0.15) is 5.58 Å². The molecule has 0 spiro atoms. The largest absolute Gasteiger partial charge is 0.493 e. The zero-order chi connectivity index (χ0) is 12.7. The second kappa shape index (κ2) is 4.82. The summed E-state index contributed by atoms with van der Waals surface area (Å²) >= 11 is 0. The monoisotopic (exact) mass is 277 g/mol. The first kappa shape index (κ1) is 13.2. The number of rotatable bonds is 1. The highest BCUT2D eigenvalue weighted by Gasteiger charge is 2.11. The van der Waals surface area contributed by atoms with Gasteiger partial charge in [-0.15, -0.1) is 12.4 Å². The zero-order valence-electron chi connectivity index (χ0n) is 10.2. The number of hydrogen-bond acceptors (Lipinski definition) is 4. The number of benzene rings is 2. The summed E-state index contributed by atoms with van der Waals surface area (Å²) in [5.74, 6) is 0.545. The molecule has 2 aromatic carbocycles. The molecule has 3 aromatic rings. The normalized spacial score (nSPS) is 10.4. The van der Waals surface area contributed by atoms with Gasteiger partial charge in [0.05, 0.1) is 17.9 Å². The van der Waals surface area contributed by atoms with Crippen LogP contribution in [0.2, 0.25) is 0 Å². The number of hydrogen-bond donors (Lipinski definition) is 1. The summed E-state index contributed by atoms with van der Waals surface area (Å²) in [7, 11) is 1.54. The Morgan fingerprint density at radius 2 is 1.95 bits per heavy atom. The van der Waals surface area contributed by atoms with E-state index in [1.807, 2.05) is 0 Å². The fourth-order valence-corrected chi connectivity index (χ4v) is 2.03. The molecule has 98 valence electrons. The van der Waals surface area contributed by atoms with Crippen LogP contribution < -0.4 is 15.9 Å². The van der Waals surface area contributed by atoms with E-state index in [0.717, 1.165) is 0 Å². The lowest BCUT2D eigenvalue weighted by Gasteiger charge is -2.05. The van der Waals surface area contributed by atoms with Crippen molar-refractivity contribution in [2.45, 2.75) is 0 Å². The zero-order valence-corrected chi connectivity index (χ0v) is 11.0. The fraction of sp³-hybridized carbons (Fsp3) is 0.0714. The maximum absolute atomic E-state index is 12.3. The second-order valence-electron chi connectivity index (χ2n) is 4.02. The number of para-hydroxylation sites is 1. The smallest absolute Gasteiger partial charge is 0.200 e. The second-order valence-corrected chi connectivity index (χ2v) is 4.02. The van der Waals surface area contributed by atoms with E-state index in [1.54, 1.807) is 43.5 Å². The topological polar surface area (TPSA) is 65.5 Å². The van der Waals surface area contributed by atoms with Gasteiger partial charge in [0.2, 0.25) is 5.43 Å². The number of nitrogen functional groups attached to an aromatic ring is 1. The molecule has 0 saturated carbocycles. The lowest BCUT2D eigenvalue weighted by Crippen LogP contribution is -2.03. The molecule has 5 heteroatoms. The average Bonchev–Trinajstić information content (AvgIpc) is 2.39. The van der Waals surface area contributed by atoms with Crippen molar-refractivity contribution in [1.29, 1.82) is 0 Å². The van der Waals surface area contributed by atoms with Crippen molar-refractivity contribution in [3.8, 4) is 5.75 Å². The highest BCUT2D eigenvalue weighted by atomic mass is 35.5. The molecule has 4 nitrogen and oxygen atoms in total. The van der Waals surface area contributed by atoms with Gasteiger partial charge < -0.3 is 14.9 Å². The highest BCUT2D eigenvalue weighted by Crippen LogP contribution is 2.27. The third kappa shape index (κ3) is 2.00. The Morgan fingerprint density at radius 1 is 1.16 bits per heavy atom. The number of anilines is 1. The molecule has 1 aromatic heterocycles. The minimum Gasteiger partial charge on any atom is -0.493 e. The predicted molar refractivity (Wildman–Crippen MR) is 78.2 cm³/mol. The standard InChI is InChI=1S/C14H11NO3.ClH/c1-17-12-4-2-3-9-13(16)10-7-8(15)5-6-11(10)18-14(9)12;/h2-7H,15H2,1H3;1H. The van der Waals surface area contributed by atoms with Crippen LogP contribution in [0.15, 0.2) is 45.6 Å². The van der Waals surface area contributed by atoms with Crippen LogP contribution in [0.4, 0.5) is 5.69 Å². The summed E-state index contributed by atoms with van der Waals surface area (Å²) in [6.07, 6.45) is 0. The van der Waals surface area contributed by atoms with Crippen molar-refractivity contribution in [2.75, 3.05) is 12.8 Å². The van der Waals surface area contributed by atoms with Gasteiger partial charge in [0.25, 0.3) is 0 Å². The molecule has 0 fully saturated rings. The first-order chi connectivity index (χ1) is 8.70. The molecule has 0 aliphatic rings. The van der Waals surface area contributed by atoms with Gasteiger partial charge in [-0.1, -0.05) is 6.07 Å². The van der Waals surface area contributed by atoms with E-state index >= 15 is 0 Å². The van der Waals surface area contributed by atoms with Crippen molar-refractivity contribution in [3.05, 3.63) is 46.6 Å². The van der Waals surface area contributed by atoms with Crippen LogP contribution in [-0.4, -0.2) is 7.11 Å². The predicted octanol–water partition coefficient (Wildman–Crippen LogP) is 2.96. The molecule has 0 amide bonds. The van der Waals surface area contributed by atoms with Gasteiger partial charge in [-0.2, -0.15) is 0 Å². The molecule has 0 radical (unpaired) electrons. The van der Waals surface area contributed by atoms with Crippen molar-refractivity contribution in [3.63, 3.8) is 0 Å².